The smallest absolute Gasteiger partial charge is 0.161 e. The number of benzene rings is 1. The summed E-state index contributed by atoms with van der Waals surface area (Å²) in [5.41, 5.74) is 8.15. The van der Waals surface area contributed by atoms with Crippen molar-refractivity contribution in [1.29, 1.82) is 0 Å². The molecule has 0 saturated carbocycles. The first-order valence-corrected chi connectivity index (χ1v) is 7.26. The van der Waals surface area contributed by atoms with Crippen LogP contribution in [0, 0.1) is 18.7 Å². The van der Waals surface area contributed by atoms with Gasteiger partial charge in [-0.05, 0) is 59.0 Å². The summed E-state index contributed by atoms with van der Waals surface area (Å²) in [6.07, 6.45) is 0.806. The fourth-order valence-corrected chi connectivity index (χ4v) is 2.29. The largest absolute Gasteiger partial charge is 0.383 e. The molecule has 3 nitrogen and oxygen atoms in total. The highest BCUT2D eigenvalue weighted by molar-refractivity contribution is 9.10. The van der Waals surface area contributed by atoms with Crippen LogP contribution in [-0.4, -0.2) is 9.97 Å². The van der Waals surface area contributed by atoms with Crippen LogP contribution in [0.4, 0.5) is 10.2 Å². The number of nitrogen functional groups attached to an aromatic ring is 1. The van der Waals surface area contributed by atoms with E-state index in [1.807, 2.05) is 0 Å². The van der Waals surface area contributed by atoms with Crippen LogP contribution in [-0.2, 0) is 6.42 Å². The summed E-state index contributed by atoms with van der Waals surface area (Å²) < 4.78 is 14.1. The number of nitrogens with two attached hydrogens (primary N) is 1. The molecule has 0 aliphatic rings. The fraction of sp³-hybridized carbons (Fsp3) is 0.333. The lowest BCUT2D eigenvalue weighted by atomic mass is 10.1. The second-order valence-electron chi connectivity index (χ2n) is 5.26. The van der Waals surface area contributed by atoms with Crippen molar-refractivity contribution in [2.45, 2.75) is 27.2 Å². The van der Waals surface area contributed by atoms with Crippen molar-refractivity contribution < 1.29 is 4.39 Å². The quantitative estimate of drug-likeness (QED) is 0.915. The molecule has 0 aliphatic heterocycles. The molecular formula is C15H17BrFN3. The van der Waals surface area contributed by atoms with Crippen LogP contribution in [0.5, 0.6) is 0 Å². The summed E-state index contributed by atoms with van der Waals surface area (Å²) in [5, 5.41) is 0. The molecular weight excluding hydrogens is 321 g/mol. The number of halogens is 2. The van der Waals surface area contributed by atoms with Crippen LogP contribution < -0.4 is 5.73 Å². The van der Waals surface area contributed by atoms with Gasteiger partial charge >= 0.3 is 0 Å². The second-order valence-corrected chi connectivity index (χ2v) is 6.05. The van der Waals surface area contributed by atoms with E-state index in [2.05, 4.69) is 39.7 Å². The summed E-state index contributed by atoms with van der Waals surface area (Å²) in [5.74, 6) is 1.17. The first-order chi connectivity index (χ1) is 9.38. The van der Waals surface area contributed by atoms with E-state index in [9.17, 15) is 4.39 Å². The summed E-state index contributed by atoms with van der Waals surface area (Å²) in [6.45, 7) is 5.95. The van der Waals surface area contributed by atoms with Crippen molar-refractivity contribution >= 4 is 21.7 Å². The average molecular weight is 338 g/mol. The van der Waals surface area contributed by atoms with Gasteiger partial charge in [-0.25, -0.2) is 14.4 Å². The first-order valence-electron chi connectivity index (χ1n) is 6.47. The third kappa shape index (κ3) is 3.15. The average Bonchev–Trinajstić information content (AvgIpc) is 2.37. The van der Waals surface area contributed by atoms with Crippen LogP contribution in [0.2, 0.25) is 0 Å². The predicted octanol–water partition coefficient (Wildman–Crippen LogP) is 4.13. The molecule has 20 heavy (non-hydrogen) atoms. The third-order valence-electron chi connectivity index (χ3n) is 2.96. The molecule has 0 aliphatic carbocycles. The number of rotatable bonds is 3. The van der Waals surface area contributed by atoms with Gasteiger partial charge in [0.05, 0.1) is 10.2 Å². The van der Waals surface area contributed by atoms with Gasteiger partial charge in [0.25, 0.3) is 0 Å². The highest BCUT2D eigenvalue weighted by atomic mass is 79.9. The van der Waals surface area contributed by atoms with Crippen LogP contribution in [0.3, 0.4) is 0 Å². The minimum atomic E-state index is -0.235. The minimum absolute atomic E-state index is 0.235. The van der Waals surface area contributed by atoms with Crippen LogP contribution in [0.15, 0.2) is 22.7 Å². The van der Waals surface area contributed by atoms with Gasteiger partial charge in [-0.3, -0.25) is 0 Å². The van der Waals surface area contributed by atoms with Crippen LogP contribution >= 0.6 is 15.9 Å². The molecule has 1 aromatic heterocycles. The molecule has 0 atom stereocenters. The standard InChI is InChI=1S/C15H17BrFN3/c1-8(2)6-12-13(16)14(18)20-15(19-12)10-4-5-11(17)9(3)7-10/h4-5,7-8H,6H2,1-3H3,(H2,18,19,20). The van der Waals surface area contributed by atoms with E-state index < -0.39 is 0 Å². The molecule has 106 valence electrons. The van der Waals surface area contributed by atoms with Crippen molar-refractivity contribution in [1.82, 2.24) is 9.97 Å². The lowest BCUT2D eigenvalue weighted by Gasteiger charge is -2.11. The molecule has 0 spiro atoms. The molecule has 0 radical (unpaired) electrons. The summed E-state index contributed by atoms with van der Waals surface area (Å²) in [7, 11) is 0. The van der Waals surface area contributed by atoms with Gasteiger partial charge in [-0.1, -0.05) is 13.8 Å². The van der Waals surface area contributed by atoms with E-state index in [1.165, 1.54) is 6.07 Å². The molecule has 0 amide bonds. The third-order valence-corrected chi connectivity index (χ3v) is 3.83. The molecule has 2 N–H and O–H groups in total. The van der Waals surface area contributed by atoms with Crippen molar-refractivity contribution in [2.24, 2.45) is 5.92 Å². The number of aromatic nitrogens is 2. The van der Waals surface area contributed by atoms with Crippen molar-refractivity contribution in [3.8, 4) is 11.4 Å². The van der Waals surface area contributed by atoms with E-state index in [-0.39, 0.29) is 5.82 Å². The molecule has 1 aromatic carbocycles. The number of nitrogens with zero attached hydrogens (tertiary/aromatic N) is 2. The van der Waals surface area contributed by atoms with Crippen LogP contribution in [0.1, 0.15) is 25.1 Å². The first kappa shape index (κ1) is 14.9. The van der Waals surface area contributed by atoms with Crippen molar-refractivity contribution in [3.63, 3.8) is 0 Å². The van der Waals surface area contributed by atoms with E-state index in [4.69, 9.17) is 5.73 Å². The zero-order chi connectivity index (χ0) is 14.9. The van der Waals surface area contributed by atoms with Gasteiger partial charge in [-0.2, -0.15) is 0 Å². The van der Waals surface area contributed by atoms with Crippen LogP contribution in [0.25, 0.3) is 11.4 Å². The molecule has 2 rings (SSSR count). The maximum atomic E-state index is 13.3. The normalized spacial score (nSPS) is 11.1. The molecule has 2 aromatic rings. The fourth-order valence-electron chi connectivity index (χ4n) is 1.95. The van der Waals surface area contributed by atoms with E-state index >= 15 is 0 Å². The Labute approximate surface area is 126 Å². The molecule has 0 bridgehead atoms. The predicted molar refractivity (Wildman–Crippen MR) is 82.8 cm³/mol. The number of aryl methyl sites for hydroxylation is 1. The topological polar surface area (TPSA) is 51.8 Å². The van der Waals surface area contributed by atoms with Gasteiger partial charge in [-0.15, -0.1) is 0 Å². The maximum Gasteiger partial charge on any atom is 0.161 e. The van der Waals surface area contributed by atoms with Gasteiger partial charge in [0.2, 0.25) is 0 Å². The Morgan fingerprint density at radius 3 is 2.60 bits per heavy atom. The highest BCUT2D eigenvalue weighted by Crippen LogP contribution is 2.27. The number of anilines is 1. The number of hydrogen-bond acceptors (Lipinski definition) is 3. The van der Waals surface area contributed by atoms with Gasteiger partial charge in [0.15, 0.2) is 5.82 Å². The zero-order valence-electron chi connectivity index (χ0n) is 11.7. The lowest BCUT2D eigenvalue weighted by Crippen LogP contribution is -2.05. The molecule has 5 heteroatoms. The van der Waals surface area contributed by atoms with Gasteiger partial charge < -0.3 is 5.73 Å². The number of hydrogen-bond donors (Lipinski definition) is 1. The Hall–Kier alpha value is -1.49. The molecule has 0 saturated heterocycles. The van der Waals surface area contributed by atoms with Crippen molar-refractivity contribution in [3.05, 3.63) is 39.7 Å². The van der Waals surface area contributed by atoms with Gasteiger partial charge in [0, 0.05) is 5.56 Å². The summed E-state index contributed by atoms with van der Waals surface area (Å²) >= 11 is 3.43. The van der Waals surface area contributed by atoms with E-state index in [0.29, 0.717) is 23.1 Å². The highest BCUT2D eigenvalue weighted by Gasteiger charge is 2.13. The minimum Gasteiger partial charge on any atom is -0.383 e. The maximum absolute atomic E-state index is 13.3. The monoisotopic (exact) mass is 337 g/mol. The Kier molecular flexibility index (Phi) is 4.38. The van der Waals surface area contributed by atoms with E-state index in [0.717, 1.165) is 22.2 Å². The van der Waals surface area contributed by atoms with Gasteiger partial charge in [0.1, 0.15) is 11.6 Å². The van der Waals surface area contributed by atoms with E-state index in [1.54, 1.807) is 19.1 Å². The molecule has 1 heterocycles. The zero-order valence-corrected chi connectivity index (χ0v) is 13.3. The Morgan fingerprint density at radius 2 is 2.00 bits per heavy atom. The molecule has 0 fully saturated rings. The lowest BCUT2D eigenvalue weighted by molar-refractivity contribution is 0.618. The Morgan fingerprint density at radius 1 is 1.30 bits per heavy atom. The summed E-state index contributed by atoms with van der Waals surface area (Å²) in [4.78, 5) is 8.83. The second kappa shape index (κ2) is 5.87. The molecule has 0 unspecified atom stereocenters. The van der Waals surface area contributed by atoms with Crippen molar-refractivity contribution in [2.75, 3.05) is 5.73 Å². The summed E-state index contributed by atoms with van der Waals surface area (Å²) in [6, 6.07) is 4.83. The SMILES string of the molecule is Cc1cc(-c2nc(N)c(Br)c(CC(C)C)n2)ccc1F. The Balaban J connectivity index is 2.51. The Bertz CT molecular complexity index is 641.